The van der Waals surface area contributed by atoms with Crippen molar-refractivity contribution in [1.29, 1.82) is 0 Å². The van der Waals surface area contributed by atoms with Gasteiger partial charge in [-0.3, -0.25) is 4.79 Å². The fraction of sp³-hybridized carbons (Fsp3) is 0.882. The normalized spacial score (nSPS) is 11.5. The molecule has 36 heavy (non-hydrogen) atoms. The second kappa shape index (κ2) is 32.1. The summed E-state index contributed by atoms with van der Waals surface area (Å²) in [5, 5.41) is 0. The van der Waals surface area contributed by atoms with E-state index in [-0.39, 0.29) is 0 Å². The Balaban J connectivity index is 3.19. The molecule has 0 saturated carbocycles. The first-order valence-corrected chi connectivity index (χ1v) is 16.4. The number of aldehydes is 1. The summed E-state index contributed by atoms with van der Waals surface area (Å²) in [4.78, 5) is 22.4. The van der Waals surface area contributed by atoms with Gasteiger partial charge in [0.1, 0.15) is 12.1 Å². The minimum absolute atomic E-state index is 0.499. The van der Waals surface area contributed by atoms with Crippen LogP contribution in [0.5, 0.6) is 0 Å². The van der Waals surface area contributed by atoms with E-state index in [1.807, 2.05) is 0 Å². The molecular weight excluding hydrogens is 440 g/mol. The highest BCUT2D eigenvalue weighted by Gasteiger charge is 2.02. The Kier molecular flexibility index (Phi) is 31.3. The lowest BCUT2D eigenvalue weighted by Crippen LogP contribution is -1.97. The van der Waals surface area contributed by atoms with Gasteiger partial charge >= 0.3 is 0 Å². The summed E-state index contributed by atoms with van der Waals surface area (Å²) in [5.41, 5.74) is 0. The molecule has 0 aliphatic rings. The smallest absolute Gasteiger partial charge is 0.132 e. The van der Waals surface area contributed by atoms with Crippen LogP contribution in [0.2, 0.25) is 0 Å². The molecule has 0 N–H and O–H groups in total. The standard InChI is InChI=1S/C34H64O2/c1-2-3-4-5-6-7-8-9-10-13-16-19-22-25-28-31-34(36)32-29-26-23-20-17-14-11-12-15-18-21-24-27-30-33-35/h9-10,33H,2-8,11-32H2,1H3/b10-9-. The average Bonchev–Trinajstić information content (AvgIpc) is 2.88. The Bertz CT molecular complexity index is 468. The van der Waals surface area contributed by atoms with Crippen molar-refractivity contribution in [3.8, 4) is 0 Å². The van der Waals surface area contributed by atoms with E-state index in [1.54, 1.807) is 0 Å². The van der Waals surface area contributed by atoms with Crippen molar-refractivity contribution in [2.75, 3.05) is 0 Å². The van der Waals surface area contributed by atoms with Crippen LogP contribution >= 0.6 is 0 Å². The second-order valence-corrected chi connectivity index (χ2v) is 11.2. The molecule has 212 valence electrons. The Morgan fingerprint density at radius 1 is 0.417 bits per heavy atom. The SMILES string of the molecule is CCCCCCCC/C=C\CCCCCCCC(=O)CCCCCCCCCCCCCCCC=O. The van der Waals surface area contributed by atoms with Crippen LogP contribution in [-0.2, 0) is 9.59 Å². The van der Waals surface area contributed by atoms with Crippen LogP contribution in [0.1, 0.15) is 193 Å². The van der Waals surface area contributed by atoms with E-state index >= 15 is 0 Å². The maximum Gasteiger partial charge on any atom is 0.132 e. The lowest BCUT2D eigenvalue weighted by molar-refractivity contribution is -0.119. The molecule has 0 unspecified atom stereocenters. The van der Waals surface area contributed by atoms with E-state index in [0.717, 1.165) is 44.8 Å². The summed E-state index contributed by atoms with van der Waals surface area (Å²) >= 11 is 0. The van der Waals surface area contributed by atoms with Crippen LogP contribution < -0.4 is 0 Å². The van der Waals surface area contributed by atoms with Gasteiger partial charge in [-0.1, -0.05) is 141 Å². The molecular formula is C34H64O2. The van der Waals surface area contributed by atoms with Gasteiger partial charge in [-0.25, -0.2) is 0 Å². The van der Waals surface area contributed by atoms with Gasteiger partial charge in [-0.2, -0.15) is 0 Å². The third kappa shape index (κ3) is 31.1. The van der Waals surface area contributed by atoms with Crippen LogP contribution in [0.15, 0.2) is 12.2 Å². The molecule has 0 radical (unpaired) electrons. The monoisotopic (exact) mass is 504 g/mol. The highest BCUT2D eigenvalue weighted by molar-refractivity contribution is 5.78. The summed E-state index contributed by atoms with van der Waals surface area (Å²) in [6.45, 7) is 2.28. The van der Waals surface area contributed by atoms with Gasteiger partial charge in [0.15, 0.2) is 0 Å². The maximum atomic E-state index is 12.1. The Morgan fingerprint density at radius 2 is 0.722 bits per heavy atom. The largest absolute Gasteiger partial charge is 0.303 e. The molecule has 0 atom stereocenters. The van der Waals surface area contributed by atoms with E-state index in [2.05, 4.69) is 19.1 Å². The Labute approximate surface area is 226 Å². The average molecular weight is 505 g/mol. The molecule has 0 saturated heterocycles. The summed E-state index contributed by atoms with van der Waals surface area (Å²) in [7, 11) is 0. The Hall–Kier alpha value is -0.920. The molecule has 2 heteroatoms. The van der Waals surface area contributed by atoms with Gasteiger partial charge in [0.05, 0.1) is 0 Å². The molecule has 0 heterocycles. The highest BCUT2D eigenvalue weighted by atomic mass is 16.1. The summed E-state index contributed by atoms with van der Waals surface area (Å²) in [6.07, 6.45) is 42.0. The number of unbranched alkanes of at least 4 members (excludes halogenated alkanes) is 24. The van der Waals surface area contributed by atoms with Crippen LogP contribution in [0.4, 0.5) is 0 Å². The van der Waals surface area contributed by atoms with Gasteiger partial charge in [0, 0.05) is 19.3 Å². The van der Waals surface area contributed by atoms with Crippen molar-refractivity contribution in [2.45, 2.75) is 193 Å². The highest BCUT2D eigenvalue weighted by Crippen LogP contribution is 2.15. The van der Waals surface area contributed by atoms with E-state index in [4.69, 9.17) is 0 Å². The van der Waals surface area contributed by atoms with Crippen molar-refractivity contribution >= 4 is 12.1 Å². The van der Waals surface area contributed by atoms with Crippen molar-refractivity contribution in [2.24, 2.45) is 0 Å². The lowest BCUT2D eigenvalue weighted by atomic mass is 10.0. The van der Waals surface area contributed by atoms with Crippen molar-refractivity contribution < 1.29 is 9.59 Å². The molecule has 0 aliphatic carbocycles. The molecule has 0 aromatic carbocycles. The quantitative estimate of drug-likeness (QED) is 0.0534. The predicted octanol–water partition coefficient (Wildman–Crippen LogP) is 11.6. The predicted molar refractivity (Wildman–Crippen MR) is 160 cm³/mol. The van der Waals surface area contributed by atoms with Crippen LogP contribution in [0.25, 0.3) is 0 Å². The minimum Gasteiger partial charge on any atom is -0.303 e. The zero-order chi connectivity index (χ0) is 26.2. The fourth-order valence-corrected chi connectivity index (χ4v) is 5.01. The number of hydrogen-bond acceptors (Lipinski definition) is 2. The zero-order valence-corrected chi connectivity index (χ0v) is 24.6. The fourth-order valence-electron chi connectivity index (χ4n) is 5.01. The van der Waals surface area contributed by atoms with E-state index in [0.29, 0.717) is 5.78 Å². The number of rotatable bonds is 31. The van der Waals surface area contributed by atoms with Gasteiger partial charge in [-0.05, 0) is 44.9 Å². The second-order valence-electron chi connectivity index (χ2n) is 11.2. The minimum atomic E-state index is 0.499. The van der Waals surface area contributed by atoms with Gasteiger partial charge < -0.3 is 4.79 Å². The third-order valence-electron chi connectivity index (χ3n) is 7.50. The number of carbonyl (C=O) groups is 2. The first kappa shape index (κ1) is 35.1. The molecule has 0 amide bonds. The molecule has 0 fully saturated rings. The third-order valence-corrected chi connectivity index (χ3v) is 7.50. The first-order chi connectivity index (χ1) is 17.8. The van der Waals surface area contributed by atoms with Crippen LogP contribution in [0, 0.1) is 0 Å². The molecule has 0 rings (SSSR count). The molecule has 0 bridgehead atoms. The van der Waals surface area contributed by atoms with E-state index in [9.17, 15) is 9.59 Å². The van der Waals surface area contributed by atoms with Gasteiger partial charge in [-0.15, -0.1) is 0 Å². The van der Waals surface area contributed by atoms with Crippen LogP contribution in [-0.4, -0.2) is 12.1 Å². The molecule has 0 aliphatic heterocycles. The molecule has 0 aromatic rings. The zero-order valence-electron chi connectivity index (χ0n) is 24.6. The van der Waals surface area contributed by atoms with Crippen molar-refractivity contribution in [3.63, 3.8) is 0 Å². The Morgan fingerprint density at radius 3 is 1.08 bits per heavy atom. The maximum absolute atomic E-state index is 12.1. The molecule has 0 spiro atoms. The summed E-state index contributed by atoms with van der Waals surface area (Å²) in [5.74, 6) is 0.499. The molecule has 2 nitrogen and oxygen atoms in total. The first-order valence-electron chi connectivity index (χ1n) is 16.4. The van der Waals surface area contributed by atoms with Crippen LogP contribution in [0.3, 0.4) is 0 Å². The van der Waals surface area contributed by atoms with Crippen molar-refractivity contribution in [3.05, 3.63) is 12.2 Å². The topological polar surface area (TPSA) is 34.1 Å². The summed E-state index contributed by atoms with van der Waals surface area (Å²) in [6, 6.07) is 0. The van der Waals surface area contributed by atoms with Gasteiger partial charge in [0.25, 0.3) is 0 Å². The van der Waals surface area contributed by atoms with Gasteiger partial charge in [0.2, 0.25) is 0 Å². The lowest BCUT2D eigenvalue weighted by Gasteiger charge is -2.04. The summed E-state index contributed by atoms with van der Waals surface area (Å²) < 4.78 is 0. The van der Waals surface area contributed by atoms with E-state index in [1.165, 1.54) is 148 Å². The van der Waals surface area contributed by atoms with Crippen molar-refractivity contribution in [1.82, 2.24) is 0 Å². The molecule has 0 aromatic heterocycles. The number of hydrogen-bond donors (Lipinski definition) is 0. The number of carbonyl (C=O) groups excluding carboxylic acids is 2. The number of allylic oxidation sites excluding steroid dienone is 2. The van der Waals surface area contributed by atoms with E-state index < -0.39 is 0 Å². The number of Topliss-reactive ketones (excluding diaryl/α,β-unsaturated/α-hetero) is 1. The number of ketones is 1.